The minimum atomic E-state index is -0.342. The highest BCUT2D eigenvalue weighted by atomic mass is 16.5. The molecule has 4 heteroatoms. The molecular formula is C12H18N2O2. The smallest absolute Gasteiger partial charge is 0.339 e. The fourth-order valence-corrected chi connectivity index (χ4v) is 1.38. The number of aryl methyl sites for hydroxylation is 1. The van der Waals surface area contributed by atoms with E-state index < -0.39 is 0 Å². The predicted octanol–water partition coefficient (Wildman–Crippen LogP) is 2.39. The van der Waals surface area contributed by atoms with Crippen molar-refractivity contribution in [1.82, 2.24) is 4.98 Å². The molecule has 0 amide bonds. The second kappa shape index (κ2) is 6.10. The van der Waals surface area contributed by atoms with Crippen LogP contribution >= 0.6 is 0 Å². The normalized spacial score (nSPS) is 9.94. The first-order valence-electron chi connectivity index (χ1n) is 5.49. The van der Waals surface area contributed by atoms with Crippen molar-refractivity contribution in [2.75, 3.05) is 19.0 Å². The molecule has 0 saturated heterocycles. The zero-order valence-corrected chi connectivity index (χ0v) is 10.0. The van der Waals surface area contributed by atoms with Crippen molar-refractivity contribution < 1.29 is 9.53 Å². The van der Waals surface area contributed by atoms with Gasteiger partial charge in [0, 0.05) is 6.54 Å². The Balaban J connectivity index is 2.71. The van der Waals surface area contributed by atoms with Gasteiger partial charge in [0.25, 0.3) is 0 Å². The molecule has 1 aromatic rings. The van der Waals surface area contributed by atoms with Crippen LogP contribution in [0.2, 0.25) is 0 Å². The summed E-state index contributed by atoms with van der Waals surface area (Å²) in [6.45, 7) is 4.85. The molecule has 88 valence electrons. The molecule has 0 aliphatic rings. The Morgan fingerprint density at radius 2 is 2.25 bits per heavy atom. The number of ether oxygens (including phenoxy) is 1. The van der Waals surface area contributed by atoms with Crippen LogP contribution in [-0.4, -0.2) is 24.6 Å². The Hall–Kier alpha value is -1.58. The van der Waals surface area contributed by atoms with Crippen LogP contribution in [0.15, 0.2) is 12.1 Å². The van der Waals surface area contributed by atoms with Crippen LogP contribution in [0.5, 0.6) is 0 Å². The number of aromatic nitrogens is 1. The fraction of sp³-hybridized carbons (Fsp3) is 0.500. The van der Waals surface area contributed by atoms with Gasteiger partial charge >= 0.3 is 5.97 Å². The van der Waals surface area contributed by atoms with Gasteiger partial charge in [-0.1, -0.05) is 13.3 Å². The average Bonchev–Trinajstić information content (AvgIpc) is 2.29. The lowest BCUT2D eigenvalue weighted by Gasteiger charge is -2.07. The first-order valence-corrected chi connectivity index (χ1v) is 5.49. The number of carbonyl (C=O) groups is 1. The maximum absolute atomic E-state index is 11.3. The summed E-state index contributed by atoms with van der Waals surface area (Å²) in [7, 11) is 1.37. The van der Waals surface area contributed by atoms with E-state index in [0.29, 0.717) is 11.3 Å². The molecule has 1 aromatic heterocycles. The molecule has 0 fully saturated rings. The number of esters is 1. The Labute approximate surface area is 96.0 Å². The zero-order valence-electron chi connectivity index (χ0n) is 10.0. The van der Waals surface area contributed by atoms with Gasteiger partial charge in [0.2, 0.25) is 0 Å². The lowest BCUT2D eigenvalue weighted by molar-refractivity contribution is 0.0599. The van der Waals surface area contributed by atoms with Crippen LogP contribution in [0.3, 0.4) is 0 Å². The summed E-state index contributed by atoms with van der Waals surface area (Å²) in [5, 5.41) is 3.21. The van der Waals surface area contributed by atoms with E-state index in [4.69, 9.17) is 0 Å². The van der Waals surface area contributed by atoms with E-state index in [9.17, 15) is 4.79 Å². The lowest BCUT2D eigenvalue weighted by Crippen LogP contribution is -2.08. The van der Waals surface area contributed by atoms with Crippen molar-refractivity contribution >= 4 is 11.8 Å². The zero-order chi connectivity index (χ0) is 12.0. The quantitative estimate of drug-likeness (QED) is 0.614. The number of hydrogen-bond donors (Lipinski definition) is 1. The standard InChI is InChI=1S/C12H18N2O2/c1-4-5-8-13-11-7-6-10(9(2)14-11)12(15)16-3/h6-7H,4-5,8H2,1-3H3,(H,13,14). The Morgan fingerprint density at radius 1 is 1.50 bits per heavy atom. The molecule has 0 unspecified atom stereocenters. The molecule has 1 rings (SSSR count). The fourth-order valence-electron chi connectivity index (χ4n) is 1.38. The highest BCUT2D eigenvalue weighted by Crippen LogP contribution is 2.11. The van der Waals surface area contributed by atoms with E-state index in [2.05, 4.69) is 22.0 Å². The molecule has 1 N–H and O–H groups in total. The van der Waals surface area contributed by atoms with Crippen molar-refractivity contribution in [2.24, 2.45) is 0 Å². The van der Waals surface area contributed by atoms with Gasteiger partial charge in [-0.15, -0.1) is 0 Å². The van der Waals surface area contributed by atoms with E-state index in [1.54, 1.807) is 19.1 Å². The lowest BCUT2D eigenvalue weighted by atomic mass is 10.2. The molecular weight excluding hydrogens is 204 g/mol. The largest absolute Gasteiger partial charge is 0.465 e. The molecule has 0 saturated carbocycles. The molecule has 0 spiro atoms. The minimum absolute atomic E-state index is 0.342. The number of rotatable bonds is 5. The van der Waals surface area contributed by atoms with Gasteiger partial charge in [0.05, 0.1) is 18.4 Å². The monoisotopic (exact) mass is 222 g/mol. The van der Waals surface area contributed by atoms with Crippen molar-refractivity contribution in [1.29, 1.82) is 0 Å². The maximum Gasteiger partial charge on any atom is 0.339 e. The number of nitrogens with one attached hydrogen (secondary N) is 1. The maximum atomic E-state index is 11.3. The molecule has 0 radical (unpaired) electrons. The van der Waals surface area contributed by atoms with Gasteiger partial charge in [0.15, 0.2) is 0 Å². The third-order valence-electron chi connectivity index (χ3n) is 2.33. The van der Waals surface area contributed by atoms with Crippen LogP contribution in [0, 0.1) is 6.92 Å². The third-order valence-corrected chi connectivity index (χ3v) is 2.33. The Kier molecular flexibility index (Phi) is 4.76. The minimum Gasteiger partial charge on any atom is -0.465 e. The van der Waals surface area contributed by atoms with Crippen LogP contribution in [-0.2, 0) is 4.74 Å². The van der Waals surface area contributed by atoms with Gasteiger partial charge in [0.1, 0.15) is 5.82 Å². The molecule has 4 nitrogen and oxygen atoms in total. The summed E-state index contributed by atoms with van der Waals surface area (Å²) in [5.41, 5.74) is 1.21. The van der Waals surface area contributed by atoms with Crippen molar-refractivity contribution in [3.8, 4) is 0 Å². The summed E-state index contributed by atoms with van der Waals surface area (Å²) in [4.78, 5) is 15.6. The van der Waals surface area contributed by atoms with Crippen molar-refractivity contribution in [3.05, 3.63) is 23.4 Å². The number of unbranched alkanes of at least 4 members (excludes halogenated alkanes) is 1. The predicted molar refractivity (Wildman–Crippen MR) is 63.7 cm³/mol. The Bertz CT molecular complexity index is 364. The summed E-state index contributed by atoms with van der Waals surface area (Å²) >= 11 is 0. The number of carbonyl (C=O) groups excluding carboxylic acids is 1. The van der Waals surface area contributed by atoms with Gasteiger partial charge in [-0.3, -0.25) is 0 Å². The van der Waals surface area contributed by atoms with Gasteiger partial charge in [-0.25, -0.2) is 9.78 Å². The molecule has 0 aliphatic carbocycles. The molecule has 0 atom stereocenters. The van der Waals surface area contributed by atoms with E-state index in [0.717, 1.165) is 25.2 Å². The average molecular weight is 222 g/mol. The number of hydrogen-bond acceptors (Lipinski definition) is 4. The van der Waals surface area contributed by atoms with Crippen LogP contribution in [0.1, 0.15) is 35.8 Å². The first-order chi connectivity index (χ1) is 7.69. The third kappa shape index (κ3) is 3.22. The second-order valence-corrected chi connectivity index (χ2v) is 3.60. The summed E-state index contributed by atoms with van der Waals surface area (Å²) in [6.07, 6.45) is 2.26. The van der Waals surface area contributed by atoms with Crippen molar-refractivity contribution in [3.63, 3.8) is 0 Å². The highest BCUT2D eigenvalue weighted by Gasteiger charge is 2.10. The van der Waals surface area contributed by atoms with Crippen LogP contribution < -0.4 is 5.32 Å². The van der Waals surface area contributed by atoms with E-state index in [1.165, 1.54) is 7.11 Å². The number of pyridine rings is 1. The van der Waals surface area contributed by atoms with Crippen molar-refractivity contribution in [2.45, 2.75) is 26.7 Å². The number of nitrogens with zero attached hydrogens (tertiary/aromatic N) is 1. The summed E-state index contributed by atoms with van der Waals surface area (Å²) in [5.74, 6) is 0.462. The SMILES string of the molecule is CCCCNc1ccc(C(=O)OC)c(C)n1. The van der Waals surface area contributed by atoms with E-state index in [-0.39, 0.29) is 5.97 Å². The van der Waals surface area contributed by atoms with Gasteiger partial charge < -0.3 is 10.1 Å². The molecule has 0 aromatic carbocycles. The molecule has 0 bridgehead atoms. The second-order valence-electron chi connectivity index (χ2n) is 3.60. The van der Waals surface area contributed by atoms with E-state index >= 15 is 0 Å². The number of methoxy groups -OCH3 is 1. The molecule has 1 heterocycles. The first kappa shape index (κ1) is 12.5. The Morgan fingerprint density at radius 3 is 2.81 bits per heavy atom. The van der Waals surface area contributed by atoms with Crippen LogP contribution in [0.25, 0.3) is 0 Å². The topological polar surface area (TPSA) is 51.2 Å². The van der Waals surface area contributed by atoms with Gasteiger partial charge in [-0.2, -0.15) is 0 Å². The van der Waals surface area contributed by atoms with E-state index in [1.807, 2.05) is 0 Å². The molecule has 0 aliphatic heterocycles. The summed E-state index contributed by atoms with van der Waals surface area (Å²) < 4.78 is 4.66. The highest BCUT2D eigenvalue weighted by molar-refractivity contribution is 5.90. The van der Waals surface area contributed by atoms with Gasteiger partial charge in [-0.05, 0) is 25.5 Å². The molecule has 16 heavy (non-hydrogen) atoms. The van der Waals surface area contributed by atoms with Crippen LogP contribution in [0.4, 0.5) is 5.82 Å². The summed E-state index contributed by atoms with van der Waals surface area (Å²) in [6, 6.07) is 3.54. The number of anilines is 1.